The Balaban J connectivity index is 3.86. The van der Waals surface area contributed by atoms with Crippen LogP contribution in [0.25, 0.3) is 0 Å². The van der Waals surface area contributed by atoms with E-state index in [1.54, 1.807) is 0 Å². The summed E-state index contributed by atoms with van der Waals surface area (Å²) in [7, 11) is 0. The average molecular weight is 203 g/mol. The van der Waals surface area contributed by atoms with Crippen molar-refractivity contribution in [2.45, 2.75) is 24.2 Å². The number of hydrogen-bond donors (Lipinski definition) is 0. The highest BCUT2D eigenvalue weighted by Gasteiger charge is 2.18. The Labute approximate surface area is 76.4 Å². The van der Waals surface area contributed by atoms with Crippen LogP contribution in [-0.2, 0) is 0 Å². The lowest BCUT2D eigenvalue weighted by atomic mass is 10.4. The molecule has 0 aliphatic heterocycles. The summed E-state index contributed by atoms with van der Waals surface area (Å²) in [6.07, 6.45) is 1.47. The summed E-state index contributed by atoms with van der Waals surface area (Å²) in [5, 5.41) is 0. The molecule has 60 valence electrons. The summed E-state index contributed by atoms with van der Waals surface area (Å²) in [6, 6.07) is 0.208. The third-order valence-corrected chi connectivity index (χ3v) is 1.90. The van der Waals surface area contributed by atoms with Crippen LogP contribution in [0.3, 0.4) is 0 Å². The van der Waals surface area contributed by atoms with Gasteiger partial charge in [-0.05, 0) is 13.8 Å². The Morgan fingerprint density at radius 1 is 1.50 bits per heavy atom. The van der Waals surface area contributed by atoms with Gasteiger partial charge < -0.3 is 0 Å². The van der Waals surface area contributed by atoms with Crippen molar-refractivity contribution in [2.24, 2.45) is 4.99 Å². The zero-order valence-corrected chi connectivity index (χ0v) is 8.21. The van der Waals surface area contributed by atoms with Gasteiger partial charge in [0.2, 0.25) is 0 Å². The van der Waals surface area contributed by atoms with E-state index in [1.165, 1.54) is 6.21 Å². The molecule has 0 rings (SSSR count). The largest absolute Gasteiger partial charge is 0.292 e. The molecule has 4 heteroatoms. The molecule has 0 aliphatic carbocycles. The van der Waals surface area contributed by atoms with Crippen molar-refractivity contribution in [3.8, 4) is 0 Å². The topological polar surface area (TPSA) is 12.4 Å². The highest BCUT2D eigenvalue weighted by Crippen LogP contribution is 2.19. The summed E-state index contributed by atoms with van der Waals surface area (Å²) in [4.78, 5) is 3.99. The predicted octanol–water partition coefficient (Wildman–Crippen LogP) is 2.88. The van der Waals surface area contributed by atoms with Crippen LogP contribution in [0.4, 0.5) is 0 Å². The fraction of sp³-hybridized carbons (Fsp3) is 0.833. The summed E-state index contributed by atoms with van der Waals surface area (Å²) >= 11 is 16.7. The number of aliphatic imine (C=N–C) groups is 1. The summed E-state index contributed by atoms with van der Waals surface area (Å²) in [5.74, 6) is 0.159. The molecule has 0 aromatic rings. The Morgan fingerprint density at radius 2 is 2.00 bits per heavy atom. The van der Waals surface area contributed by atoms with Crippen LogP contribution in [0.2, 0.25) is 0 Å². The Hall–Kier alpha value is 0.540. The second-order valence-electron chi connectivity index (χ2n) is 2.27. The molecule has 0 saturated heterocycles. The average Bonchev–Trinajstić information content (AvgIpc) is 1.85. The summed E-state index contributed by atoms with van der Waals surface area (Å²) in [5.41, 5.74) is 0. The van der Waals surface area contributed by atoms with Crippen LogP contribution < -0.4 is 0 Å². The summed E-state index contributed by atoms with van der Waals surface area (Å²) in [6.45, 7) is 3.88. The third-order valence-electron chi connectivity index (χ3n) is 0.740. The van der Waals surface area contributed by atoms with Gasteiger partial charge in [0.05, 0.1) is 5.88 Å². The van der Waals surface area contributed by atoms with Crippen molar-refractivity contribution in [3.63, 3.8) is 0 Å². The van der Waals surface area contributed by atoms with E-state index in [-0.39, 0.29) is 11.9 Å². The minimum Gasteiger partial charge on any atom is -0.292 e. The lowest BCUT2D eigenvalue weighted by molar-refractivity contribution is 0.835. The van der Waals surface area contributed by atoms with E-state index >= 15 is 0 Å². The molecule has 0 aromatic heterocycles. The fourth-order valence-electron chi connectivity index (χ4n) is 0.293. The van der Waals surface area contributed by atoms with Gasteiger partial charge in [-0.1, -0.05) is 23.2 Å². The van der Waals surface area contributed by atoms with E-state index in [1.807, 2.05) is 13.8 Å². The Kier molecular flexibility index (Phi) is 4.66. The second-order valence-corrected chi connectivity index (χ2v) is 4.08. The number of halogens is 3. The van der Waals surface area contributed by atoms with Gasteiger partial charge in [-0.25, -0.2) is 0 Å². The first-order valence-electron chi connectivity index (χ1n) is 2.96. The van der Waals surface area contributed by atoms with E-state index in [9.17, 15) is 0 Å². The molecule has 1 nitrogen and oxygen atoms in total. The van der Waals surface area contributed by atoms with Gasteiger partial charge in [-0.15, -0.1) is 11.6 Å². The molecule has 0 aliphatic rings. The lowest BCUT2D eigenvalue weighted by Gasteiger charge is -2.08. The molecule has 0 atom stereocenters. The van der Waals surface area contributed by atoms with Crippen LogP contribution in [0.5, 0.6) is 0 Å². The van der Waals surface area contributed by atoms with Crippen LogP contribution in [0.15, 0.2) is 4.99 Å². The van der Waals surface area contributed by atoms with Crippen LogP contribution >= 0.6 is 34.8 Å². The molecule has 0 N–H and O–H groups in total. The zero-order valence-electron chi connectivity index (χ0n) is 5.94. The van der Waals surface area contributed by atoms with Crippen molar-refractivity contribution in [3.05, 3.63) is 0 Å². The minimum atomic E-state index is -1.01. The maximum absolute atomic E-state index is 5.65. The Bertz CT molecular complexity index is 120. The number of alkyl halides is 3. The van der Waals surface area contributed by atoms with Gasteiger partial charge in [0, 0.05) is 12.3 Å². The molecule has 0 radical (unpaired) electrons. The van der Waals surface area contributed by atoms with E-state index in [4.69, 9.17) is 34.8 Å². The second kappa shape index (κ2) is 4.42. The van der Waals surface area contributed by atoms with Gasteiger partial charge >= 0.3 is 0 Å². The molecule has 0 fully saturated rings. The first-order chi connectivity index (χ1) is 4.48. The predicted molar refractivity (Wildman–Crippen MR) is 48.8 cm³/mol. The molecular weight excluding hydrogens is 192 g/mol. The highest BCUT2D eigenvalue weighted by atomic mass is 35.5. The van der Waals surface area contributed by atoms with E-state index in [0.717, 1.165) is 0 Å². The van der Waals surface area contributed by atoms with Gasteiger partial charge in [0.1, 0.15) is 0 Å². The lowest BCUT2D eigenvalue weighted by Crippen LogP contribution is -2.17. The molecule has 0 amide bonds. The maximum Gasteiger partial charge on any atom is 0.166 e. The quantitative estimate of drug-likeness (QED) is 0.493. The zero-order chi connectivity index (χ0) is 8.20. The Morgan fingerprint density at radius 3 is 2.30 bits per heavy atom. The number of rotatable bonds is 3. The van der Waals surface area contributed by atoms with Crippen LogP contribution in [0, 0.1) is 0 Å². The molecular formula is C6H10Cl3N. The van der Waals surface area contributed by atoms with Crippen molar-refractivity contribution in [2.75, 3.05) is 5.88 Å². The van der Waals surface area contributed by atoms with Gasteiger partial charge in [-0.3, -0.25) is 4.99 Å². The molecule has 0 spiro atoms. The first-order valence-corrected chi connectivity index (χ1v) is 4.25. The number of hydrogen-bond acceptors (Lipinski definition) is 1. The monoisotopic (exact) mass is 201 g/mol. The van der Waals surface area contributed by atoms with Crippen molar-refractivity contribution < 1.29 is 0 Å². The maximum atomic E-state index is 5.65. The van der Waals surface area contributed by atoms with Gasteiger partial charge in [0.15, 0.2) is 4.33 Å². The van der Waals surface area contributed by atoms with Crippen LogP contribution in [-0.4, -0.2) is 22.5 Å². The van der Waals surface area contributed by atoms with Gasteiger partial charge in [0.25, 0.3) is 0 Å². The van der Waals surface area contributed by atoms with Gasteiger partial charge in [-0.2, -0.15) is 0 Å². The molecule has 0 saturated carbocycles. The van der Waals surface area contributed by atoms with Crippen molar-refractivity contribution in [1.29, 1.82) is 0 Å². The molecule has 0 bridgehead atoms. The molecule has 0 heterocycles. The molecule has 10 heavy (non-hydrogen) atoms. The SMILES string of the molecule is CC(C)N=CC(Cl)(Cl)CCl. The van der Waals surface area contributed by atoms with Crippen LogP contribution in [0.1, 0.15) is 13.8 Å². The summed E-state index contributed by atoms with van der Waals surface area (Å²) < 4.78 is -1.01. The normalized spacial score (nSPS) is 13.4. The van der Waals surface area contributed by atoms with Crippen molar-refractivity contribution in [1.82, 2.24) is 0 Å². The third kappa shape index (κ3) is 5.33. The van der Waals surface area contributed by atoms with E-state index in [2.05, 4.69) is 4.99 Å². The molecule has 0 aromatic carbocycles. The minimum absolute atomic E-state index is 0.159. The van der Waals surface area contributed by atoms with E-state index < -0.39 is 4.33 Å². The molecule has 0 unspecified atom stereocenters. The van der Waals surface area contributed by atoms with Crippen molar-refractivity contribution >= 4 is 41.0 Å². The van der Waals surface area contributed by atoms with E-state index in [0.29, 0.717) is 0 Å². The number of nitrogens with zero attached hydrogens (tertiary/aromatic N) is 1. The highest BCUT2D eigenvalue weighted by molar-refractivity contribution is 6.58. The smallest absolute Gasteiger partial charge is 0.166 e. The first kappa shape index (κ1) is 10.5. The fourth-order valence-corrected chi connectivity index (χ4v) is 0.474. The standard InChI is InChI=1S/C6H10Cl3N/c1-5(2)10-4-6(8,9)3-7/h4-5H,3H2,1-2H3.